The van der Waals surface area contributed by atoms with Crippen molar-refractivity contribution in [3.05, 3.63) is 42.5 Å². The van der Waals surface area contributed by atoms with Crippen molar-refractivity contribution < 1.29 is 41.2 Å². The normalized spacial score (nSPS) is 15.9. The Labute approximate surface area is 145 Å². The maximum absolute atomic E-state index is 13.4. The number of ether oxygens (including phenoxy) is 1. The number of carboxylic acid groups (broad SMARTS) is 1. The van der Waals surface area contributed by atoms with Crippen molar-refractivity contribution in [2.24, 2.45) is 0 Å². The van der Waals surface area contributed by atoms with Crippen molar-refractivity contribution in [1.29, 1.82) is 0 Å². The predicted octanol–water partition coefficient (Wildman–Crippen LogP) is 1.76. The number of alkyl halides is 4. The Kier molecular flexibility index (Phi) is 4.10. The van der Waals surface area contributed by atoms with Crippen LogP contribution in [-0.4, -0.2) is 28.0 Å². The topological polar surface area (TPSA) is 83.5 Å². The Bertz CT molecular complexity index is 957. The molecule has 0 radical (unpaired) electrons. The van der Waals surface area contributed by atoms with E-state index < -0.39 is 40.3 Å². The third-order valence-corrected chi connectivity index (χ3v) is 5.16. The monoisotopic (exact) mass is 387 g/mol. The molecule has 0 spiro atoms. The molecular weight excluding hydrogens is 380 g/mol. The molecule has 2 aromatic rings. The van der Waals surface area contributed by atoms with Gasteiger partial charge in [-0.3, -0.25) is 0 Å². The van der Waals surface area contributed by atoms with Crippen LogP contribution in [0.5, 0.6) is 5.75 Å². The van der Waals surface area contributed by atoms with Crippen LogP contribution < -0.4 is 9.84 Å². The van der Waals surface area contributed by atoms with Gasteiger partial charge in [-0.15, -0.1) is 0 Å². The zero-order chi connectivity index (χ0) is 19.3. The van der Waals surface area contributed by atoms with E-state index in [1.54, 1.807) is 24.3 Å². The van der Waals surface area contributed by atoms with Gasteiger partial charge < -0.3 is 14.6 Å². The summed E-state index contributed by atoms with van der Waals surface area (Å²) in [4.78, 5) is 22.4. The maximum Gasteiger partial charge on any atom is 0.410 e. The SMILES string of the molecule is O=C([O-])C(F)(F)C(F)(F)C(=O)Oc1ccc2c(c1)-c1ccccc1S2=O. The molecule has 0 saturated carbocycles. The Morgan fingerprint density at radius 1 is 0.923 bits per heavy atom. The van der Waals surface area contributed by atoms with E-state index in [4.69, 9.17) is 0 Å². The zero-order valence-electron chi connectivity index (χ0n) is 12.5. The molecule has 1 aliphatic rings. The second-order valence-electron chi connectivity index (χ2n) is 5.25. The first-order chi connectivity index (χ1) is 12.1. The van der Waals surface area contributed by atoms with Crippen molar-refractivity contribution >= 4 is 22.7 Å². The van der Waals surface area contributed by atoms with Crippen LogP contribution in [0.25, 0.3) is 11.1 Å². The van der Waals surface area contributed by atoms with Crippen molar-refractivity contribution in [2.45, 2.75) is 21.6 Å². The Morgan fingerprint density at radius 2 is 1.54 bits per heavy atom. The molecule has 1 heterocycles. The molecule has 1 unspecified atom stereocenters. The lowest BCUT2D eigenvalue weighted by molar-refractivity contribution is -0.346. The summed E-state index contributed by atoms with van der Waals surface area (Å²) in [5.41, 5.74) is 0.824. The van der Waals surface area contributed by atoms with Gasteiger partial charge in [-0.05, 0) is 29.8 Å². The van der Waals surface area contributed by atoms with Crippen molar-refractivity contribution in [2.75, 3.05) is 0 Å². The summed E-state index contributed by atoms with van der Waals surface area (Å²) in [5, 5.41) is 10.2. The minimum atomic E-state index is -5.74. The van der Waals surface area contributed by atoms with Crippen LogP contribution in [0.2, 0.25) is 0 Å². The lowest BCUT2D eigenvalue weighted by atomic mass is 10.1. The minimum absolute atomic E-state index is 0.319. The zero-order valence-corrected chi connectivity index (χ0v) is 13.3. The minimum Gasteiger partial charge on any atom is -0.544 e. The maximum atomic E-state index is 13.4. The third-order valence-electron chi connectivity index (χ3n) is 3.65. The van der Waals surface area contributed by atoms with Crippen molar-refractivity contribution in [3.63, 3.8) is 0 Å². The van der Waals surface area contributed by atoms with Crippen LogP contribution in [0, 0.1) is 0 Å². The van der Waals surface area contributed by atoms with E-state index in [1.165, 1.54) is 6.07 Å². The van der Waals surface area contributed by atoms with Crippen LogP contribution in [0.4, 0.5) is 17.6 Å². The summed E-state index contributed by atoms with van der Waals surface area (Å²) < 4.78 is 69.3. The van der Waals surface area contributed by atoms with Crippen LogP contribution >= 0.6 is 0 Å². The fourth-order valence-electron chi connectivity index (χ4n) is 2.34. The van der Waals surface area contributed by atoms with E-state index in [-0.39, 0.29) is 0 Å². The molecule has 0 N–H and O–H groups in total. The number of hydrogen-bond acceptors (Lipinski definition) is 5. The number of hydrogen-bond donors (Lipinski definition) is 0. The highest BCUT2D eigenvalue weighted by Crippen LogP contribution is 2.42. The molecule has 0 amide bonds. The second kappa shape index (κ2) is 5.90. The van der Waals surface area contributed by atoms with Gasteiger partial charge in [-0.25, -0.2) is 9.00 Å². The van der Waals surface area contributed by atoms with Crippen molar-refractivity contribution in [3.8, 4) is 16.9 Å². The van der Waals surface area contributed by atoms with Gasteiger partial charge in [0.2, 0.25) is 0 Å². The number of aliphatic carboxylic acids is 1. The van der Waals surface area contributed by atoms with Gasteiger partial charge in [0.1, 0.15) is 11.7 Å². The molecule has 0 aliphatic carbocycles. The van der Waals surface area contributed by atoms with Crippen LogP contribution in [-0.2, 0) is 20.4 Å². The van der Waals surface area contributed by atoms with Gasteiger partial charge in [0.25, 0.3) is 0 Å². The molecule has 0 saturated heterocycles. The molecule has 136 valence electrons. The largest absolute Gasteiger partial charge is 0.544 e. The number of rotatable bonds is 4. The molecular formula is C16H7F4O5S-. The number of benzene rings is 2. The summed E-state index contributed by atoms with van der Waals surface area (Å²) in [5.74, 6) is -18.1. The van der Waals surface area contributed by atoms with E-state index in [1.807, 2.05) is 0 Å². The molecule has 3 rings (SSSR count). The highest BCUT2D eigenvalue weighted by Gasteiger charge is 2.64. The average molecular weight is 387 g/mol. The lowest BCUT2D eigenvalue weighted by Gasteiger charge is -2.25. The first-order valence-electron chi connectivity index (χ1n) is 6.92. The number of fused-ring (bicyclic) bond motifs is 3. The van der Waals surface area contributed by atoms with E-state index in [0.717, 1.165) is 12.1 Å². The Hall–Kier alpha value is -2.75. The van der Waals surface area contributed by atoms with Gasteiger partial charge in [0, 0.05) is 5.56 Å². The van der Waals surface area contributed by atoms with Gasteiger partial charge in [-0.2, -0.15) is 17.6 Å². The fourth-order valence-corrected chi connectivity index (χ4v) is 3.72. The molecule has 0 fully saturated rings. The van der Waals surface area contributed by atoms with E-state index in [2.05, 4.69) is 4.74 Å². The summed E-state index contributed by atoms with van der Waals surface area (Å²) in [6.07, 6.45) is 0. The highest BCUT2D eigenvalue weighted by atomic mass is 32.2. The van der Waals surface area contributed by atoms with E-state index in [0.29, 0.717) is 20.9 Å². The van der Waals surface area contributed by atoms with E-state index in [9.17, 15) is 36.5 Å². The number of carbonyl (C=O) groups is 2. The molecule has 26 heavy (non-hydrogen) atoms. The van der Waals surface area contributed by atoms with Gasteiger partial charge in [0.05, 0.1) is 20.6 Å². The standard InChI is InChI=1S/C16H8F4O5S/c17-15(18,13(21)22)16(19,20)14(23)25-8-5-6-12-10(7-8)9-3-1-2-4-11(9)26(12)24/h1-7H,(H,21,22)/p-1. The van der Waals surface area contributed by atoms with Gasteiger partial charge in [-0.1, -0.05) is 18.2 Å². The molecule has 0 aromatic heterocycles. The van der Waals surface area contributed by atoms with Crippen LogP contribution in [0.15, 0.2) is 52.3 Å². The number of carbonyl (C=O) groups excluding carboxylic acids is 2. The van der Waals surface area contributed by atoms with Gasteiger partial charge in [0.15, 0.2) is 0 Å². The van der Waals surface area contributed by atoms with Gasteiger partial charge >= 0.3 is 17.8 Å². The number of carboxylic acids is 1. The quantitative estimate of drug-likeness (QED) is 0.387. The second-order valence-corrected chi connectivity index (χ2v) is 6.67. The first kappa shape index (κ1) is 18.1. The summed E-state index contributed by atoms with van der Waals surface area (Å²) in [6.45, 7) is 0. The molecule has 1 aliphatic heterocycles. The molecule has 10 heteroatoms. The Balaban J connectivity index is 1.94. The summed E-state index contributed by atoms with van der Waals surface area (Å²) in [6, 6.07) is 9.79. The summed E-state index contributed by atoms with van der Waals surface area (Å²) in [7, 11) is -1.53. The smallest absolute Gasteiger partial charge is 0.410 e. The molecule has 0 bridgehead atoms. The number of halogens is 4. The summed E-state index contributed by atoms with van der Waals surface area (Å²) >= 11 is 0. The molecule has 5 nitrogen and oxygen atoms in total. The van der Waals surface area contributed by atoms with Crippen LogP contribution in [0.1, 0.15) is 0 Å². The van der Waals surface area contributed by atoms with E-state index >= 15 is 0 Å². The Morgan fingerprint density at radius 3 is 2.19 bits per heavy atom. The third kappa shape index (κ3) is 2.57. The molecule has 2 aromatic carbocycles. The van der Waals surface area contributed by atoms with Crippen LogP contribution in [0.3, 0.4) is 0 Å². The molecule has 1 atom stereocenters. The number of esters is 1. The average Bonchev–Trinajstić information content (AvgIpc) is 2.87. The first-order valence-corrected chi connectivity index (χ1v) is 8.07. The van der Waals surface area contributed by atoms with Crippen molar-refractivity contribution in [1.82, 2.24) is 0 Å². The fraction of sp³-hybridized carbons (Fsp3) is 0.125. The highest BCUT2D eigenvalue weighted by molar-refractivity contribution is 7.85. The lowest BCUT2D eigenvalue weighted by Crippen LogP contribution is -2.58. The predicted molar refractivity (Wildman–Crippen MR) is 77.1 cm³/mol.